The molecule has 0 aliphatic rings. The SMILES string of the molecule is Cc1ccc2nc(NC(=O)CCc3nc(-c4cccs4)no3)sc2c1. The van der Waals surface area contributed by atoms with E-state index in [0.717, 1.165) is 15.1 Å². The molecule has 1 aromatic carbocycles. The normalized spacial score (nSPS) is 11.1. The van der Waals surface area contributed by atoms with Crippen LogP contribution in [0.3, 0.4) is 0 Å². The van der Waals surface area contributed by atoms with Crippen LogP contribution in [0.4, 0.5) is 5.13 Å². The van der Waals surface area contributed by atoms with Crippen molar-refractivity contribution < 1.29 is 9.32 Å². The van der Waals surface area contributed by atoms with Crippen LogP contribution in [0.15, 0.2) is 40.2 Å². The van der Waals surface area contributed by atoms with E-state index in [-0.39, 0.29) is 12.3 Å². The summed E-state index contributed by atoms with van der Waals surface area (Å²) >= 11 is 3.02. The van der Waals surface area contributed by atoms with E-state index in [1.165, 1.54) is 16.9 Å². The summed E-state index contributed by atoms with van der Waals surface area (Å²) in [6.07, 6.45) is 0.662. The number of anilines is 1. The molecule has 1 amide bonds. The molecule has 6 nitrogen and oxygen atoms in total. The van der Waals surface area contributed by atoms with Crippen molar-refractivity contribution in [1.29, 1.82) is 0 Å². The van der Waals surface area contributed by atoms with Gasteiger partial charge in [0.1, 0.15) is 0 Å². The lowest BCUT2D eigenvalue weighted by Gasteiger charge is -1.98. The number of carbonyl (C=O) groups is 1. The summed E-state index contributed by atoms with van der Waals surface area (Å²) in [6, 6.07) is 9.90. The number of rotatable bonds is 5. The Kier molecular flexibility index (Phi) is 4.29. The summed E-state index contributed by atoms with van der Waals surface area (Å²) in [5, 5.41) is 9.34. The van der Waals surface area contributed by atoms with Crippen molar-refractivity contribution in [2.45, 2.75) is 19.8 Å². The predicted molar refractivity (Wildman–Crippen MR) is 98.9 cm³/mol. The molecule has 0 bridgehead atoms. The molecule has 8 heteroatoms. The molecule has 1 N–H and O–H groups in total. The van der Waals surface area contributed by atoms with Crippen LogP contribution in [-0.4, -0.2) is 21.0 Å². The average Bonchev–Trinajstić information content (AvgIpc) is 3.32. The second-order valence-corrected chi connectivity index (χ2v) is 7.51. The van der Waals surface area contributed by atoms with Crippen LogP contribution in [0.25, 0.3) is 20.9 Å². The van der Waals surface area contributed by atoms with Gasteiger partial charge in [0.25, 0.3) is 0 Å². The number of nitrogens with zero attached hydrogens (tertiary/aromatic N) is 3. The maximum Gasteiger partial charge on any atom is 0.227 e. The average molecular weight is 370 g/mol. The van der Waals surface area contributed by atoms with Crippen molar-refractivity contribution >= 4 is 43.9 Å². The number of benzene rings is 1. The fourth-order valence-electron chi connectivity index (χ4n) is 2.35. The van der Waals surface area contributed by atoms with Gasteiger partial charge in [-0.25, -0.2) is 4.98 Å². The van der Waals surface area contributed by atoms with E-state index in [1.807, 2.05) is 36.6 Å². The third-order valence-electron chi connectivity index (χ3n) is 3.57. The second kappa shape index (κ2) is 6.73. The highest BCUT2D eigenvalue weighted by Gasteiger charge is 2.12. The van der Waals surface area contributed by atoms with Crippen LogP contribution in [0, 0.1) is 6.92 Å². The zero-order valence-electron chi connectivity index (χ0n) is 13.4. The molecule has 0 fully saturated rings. The zero-order valence-corrected chi connectivity index (χ0v) is 15.0. The van der Waals surface area contributed by atoms with Crippen LogP contribution in [-0.2, 0) is 11.2 Å². The molecule has 126 valence electrons. The Labute approximate surface area is 151 Å². The number of amides is 1. The van der Waals surface area contributed by atoms with E-state index in [1.54, 1.807) is 11.3 Å². The van der Waals surface area contributed by atoms with Crippen molar-refractivity contribution in [3.05, 3.63) is 47.2 Å². The lowest BCUT2D eigenvalue weighted by Crippen LogP contribution is -2.12. The lowest BCUT2D eigenvalue weighted by atomic mass is 10.2. The van der Waals surface area contributed by atoms with Gasteiger partial charge >= 0.3 is 0 Å². The van der Waals surface area contributed by atoms with Crippen molar-refractivity contribution in [1.82, 2.24) is 15.1 Å². The van der Waals surface area contributed by atoms with Gasteiger partial charge in [0.05, 0.1) is 15.1 Å². The molecule has 0 unspecified atom stereocenters. The van der Waals surface area contributed by atoms with Crippen molar-refractivity contribution in [3.63, 3.8) is 0 Å². The van der Waals surface area contributed by atoms with Gasteiger partial charge < -0.3 is 9.84 Å². The van der Waals surface area contributed by atoms with E-state index < -0.39 is 0 Å². The minimum absolute atomic E-state index is 0.119. The standard InChI is InChI=1S/C17H14N4O2S2/c1-10-4-5-11-13(9-10)25-17(18-11)19-14(22)6-7-15-20-16(21-23-15)12-3-2-8-24-12/h2-5,8-9H,6-7H2,1H3,(H,18,19,22). The van der Waals surface area contributed by atoms with Gasteiger partial charge in [-0.1, -0.05) is 28.6 Å². The smallest absolute Gasteiger partial charge is 0.227 e. The summed E-state index contributed by atoms with van der Waals surface area (Å²) in [4.78, 5) is 21.8. The predicted octanol–water partition coefficient (Wildman–Crippen LogP) is 4.29. The summed E-state index contributed by atoms with van der Waals surface area (Å²) in [5.41, 5.74) is 2.07. The fourth-order valence-corrected chi connectivity index (χ4v) is 3.98. The van der Waals surface area contributed by atoms with E-state index in [2.05, 4.69) is 26.5 Å². The van der Waals surface area contributed by atoms with Gasteiger partial charge in [-0.15, -0.1) is 11.3 Å². The minimum Gasteiger partial charge on any atom is -0.339 e. The molecule has 0 atom stereocenters. The molecule has 4 aromatic rings. The third-order valence-corrected chi connectivity index (χ3v) is 5.37. The minimum atomic E-state index is -0.119. The molecular weight excluding hydrogens is 356 g/mol. The zero-order chi connectivity index (χ0) is 17.2. The Balaban J connectivity index is 1.37. The van der Waals surface area contributed by atoms with E-state index in [4.69, 9.17) is 4.52 Å². The first-order chi connectivity index (χ1) is 12.2. The maximum absolute atomic E-state index is 12.1. The summed E-state index contributed by atoms with van der Waals surface area (Å²) in [5.74, 6) is 0.900. The van der Waals surface area contributed by atoms with E-state index >= 15 is 0 Å². The summed E-state index contributed by atoms with van der Waals surface area (Å²) < 4.78 is 6.27. The highest BCUT2D eigenvalue weighted by atomic mass is 32.1. The third kappa shape index (κ3) is 3.59. The van der Waals surface area contributed by atoms with Crippen LogP contribution >= 0.6 is 22.7 Å². The number of fused-ring (bicyclic) bond motifs is 1. The monoisotopic (exact) mass is 370 g/mol. The van der Waals surface area contributed by atoms with Crippen LogP contribution < -0.4 is 5.32 Å². The van der Waals surface area contributed by atoms with Gasteiger partial charge in [-0.3, -0.25) is 4.79 Å². The molecule has 0 aliphatic carbocycles. The van der Waals surface area contributed by atoms with Gasteiger partial charge in [0.15, 0.2) is 5.13 Å². The van der Waals surface area contributed by atoms with Crippen LogP contribution in [0.1, 0.15) is 17.9 Å². The first-order valence-corrected chi connectivity index (χ1v) is 9.40. The van der Waals surface area contributed by atoms with Crippen LogP contribution in [0.5, 0.6) is 0 Å². The van der Waals surface area contributed by atoms with Gasteiger partial charge in [-0.2, -0.15) is 4.98 Å². The van der Waals surface area contributed by atoms with E-state index in [9.17, 15) is 4.79 Å². The number of aromatic nitrogens is 3. The van der Waals surface area contributed by atoms with Crippen molar-refractivity contribution in [2.75, 3.05) is 5.32 Å². The number of aryl methyl sites for hydroxylation is 2. The largest absolute Gasteiger partial charge is 0.339 e. The maximum atomic E-state index is 12.1. The molecule has 3 aromatic heterocycles. The Morgan fingerprint density at radius 3 is 3.04 bits per heavy atom. The molecule has 4 rings (SSSR count). The highest BCUT2D eigenvalue weighted by molar-refractivity contribution is 7.22. The topological polar surface area (TPSA) is 80.9 Å². The van der Waals surface area contributed by atoms with Crippen LogP contribution in [0.2, 0.25) is 0 Å². The number of hydrogen-bond donors (Lipinski definition) is 1. The Hall–Kier alpha value is -2.58. The molecule has 0 spiro atoms. The fraction of sp³-hybridized carbons (Fsp3) is 0.176. The summed E-state index contributed by atoms with van der Waals surface area (Å²) in [6.45, 7) is 2.03. The molecule has 3 heterocycles. The number of carbonyl (C=O) groups excluding carboxylic acids is 1. The molecule has 25 heavy (non-hydrogen) atoms. The van der Waals surface area contributed by atoms with Crippen molar-refractivity contribution in [2.24, 2.45) is 0 Å². The van der Waals surface area contributed by atoms with Gasteiger partial charge in [0.2, 0.25) is 17.6 Å². The lowest BCUT2D eigenvalue weighted by molar-refractivity contribution is -0.116. The van der Waals surface area contributed by atoms with Gasteiger partial charge in [0, 0.05) is 12.8 Å². The molecule has 0 aliphatic heterocycles. The Bertz CT molecular complexity index is 1020. The number of thiophene rings is 1. The quantitative estimate of drug-likeness (QED) is 0.567. The Morgan fingerprint density at radius 2 is 2.20 bits per heavy atom. The van der Waals surface area contributed by atoms with Gasteiger partial charge in [-0.05, 0) is 36.1 Å². The molecule has 0 saturated carbocycles. The number of thiazole rings is 1. The first kappa shape index (κ1) is 15.9. The Morgan fingerprint density at radius 1 is 1.28 bits per heavy atom. The molecule has 0 radical (unpaired) electrons. The number of hydrogen-bond acceptors (Lipinski definition) is 7. The van der Waals surface area contributed by atoms with Crippen molar-refractivity contribution in [3.8, 4) is 10.7 Å². The first-order valence-electron chi connectivity index (χ1n) is 7.71. The molecule has 0 saturated heterocycles. The van der Waals surface area contributed by atoms with E-state index in [0.29, 0.717) is 23.3 Å². The highest BCUT2D eigenvalue weighted by Crippen LogP contribution is 2.27. The molecular formula is C17H14N4O2S2. The number of nitrogens with one attached hydrogen (secondary N) is 1. The second-order valence-electron chi connectivity index (χ2n) is 5.53. The summed E-state index contributed by atoms with van der Waals surface area (Å²) in [7, 11) is 0.